The number of rotatable bonds is 1. The Morgan fingerprint density at radius 3 is 2.83 bits per heavy atom. The molecule has 3 unspecified atom stereocenters. The lowest BCUT2D eigenvalue weighted by atomic mass is 9.55. The summed E-state index contributed by atoms with van der Waals surface area (Å²) < 4.78 is 0. The number of hydrogen-bond acceptors (Lipinski definition) is 4. The molecule has 1 saturated heterocycles. The molecule has 120 valence electrons. The molecule has 1 aliphatic carbocycles. The van der Waals surface area contributed by atoms with Crippen LogP contribution in [0.2, 0.25) is 0 Å². The average molecular weight is 325 g/mol. The maximum Gasteiger partial charge on any atom is 0.166 e. The summed E-state index contributed by atoms with van der Waals surface area (Å²) in [4.78, 5) is 11.7. The lowest BCUT2D eigenvalue weighted by Gasteiger charge is -2.59. The van der Waals surface area contributed by atoms with E-state index in [0.717, 1.165) is 17.3 Å². The first-order valence-corrected chi connectivity index (χ1v) is 9.16. The molecule has 0 N–H and O–H groups in total. The summed E-state index contributed by atoms with van der Waals surface area (Å²) in [5.74, 6) is 1.51. The van der Waals surface area contributed by atoms with Crippen molar-refractivity contribution in [3.05, 3.63) is 48.5 Å². The van der Waals surface area contributed by atoms with Crippen LogP contribution in [-0.4, -0.2) is 15.3 Å². The van der Waals surface area contributed by atoms with E-state index in [-0.39, 0.29) is 10.8 Å². The molecule has 0 amide bonds. The van der Waals surface area contributed by atoms with E-state index in [0.29, 0.717) is 11.3 Å². The summed E-state index contributed by atoms with van der Waals surface area (Å²) in [6, 6.07) is 0. The Balaban J connectivity index is 1.94. The van der Waals surface area contributed by atoms with Crippen LogP contribution in [0.4, 0.5) is 5.82 Å². The number of piperidine rings is 1. The molecule has 4 heteroatoms. The topological polar surface area (TPSA) is 29.0 Å². The highest BCUT2D eigenvalue weighted by Crippen LogP contribution is 2.65. The second-order valence-corrected chi connectivity index (χ2v) is 8.41. The third-order valence-corrected chi connectivity index (χ3v) is 7.52. The second-order valence-electron chi connectivity index (χ2n) is 7.34. The van der Waals surface area contributed by atoms with Crippen LogP contribution < -0.4 is 4.90 Å². The standard InChI is InChI=1S/C19H23N3S/c1-5-10-19(4)13-8-6-7-9-14(13)22-15-16(21-12-11-20-15)23-17(22)18(19,2)3/h5-7,9-13,17H,8H2,1-4H3. The highest BCUT2D eigenvalue weighted by molar-refractivity contribution is 8.00. The molecule has 3 heterocycles. The Labute approximate surface area is 142 Å². The fraction of sp³-hybridized carbons (Fsp3) is 0.474. The van der Waals surface area contributed by atoms with E-state index >= 15 is 0 Å². The first kappa shape index (κ1) is 15.0. The number of aromatic nitrogens is 2. The van der Waals surface area contributed by atoms with Gasteiger partial charge in [0.15, 0.2) is 5.82 Å². The van der Waals surface area contributed by atoms with Gasteiger partial charge < -0.3 is 4.90 Å². The van der Waals surface area contributed by atoms with Gasteiger partial charge >= 0.3 is 0 Å². The van der Waals surface area contributed by atoms with Crippen molar-refractivity contribution in [2.45, 2.75) is 44.5 Å². The molecule has 0 aromatic carbocycles. The molecule has 1 fully saturated rings. The zero-order chi connectivity index (χ0) is 16.2. The SMILES string of the molecule is CC=CC1(C)C2CC=CC=C2N2c3nccnc3SC2C1(C)C. The van der Waals surface area contributed by atoms with Gasteiger partial charge in [0.25, 0.3) is 0 Å². The third-order valence-electron chi connectivity index (χ3n) is 5.99. The van der Waals surface area contributed by atoms with E-state index in [1.165, 1.54) is 5.70 Å². The van der Waals surface area contributed by atoms with Crippen LogP contribution in [0.25, 0.3) is 0 Å². The number of hydrogen-bond donors (Lipinski definition) is 0. The van der Waals surface area contributed by atoms with Crippen molar-refractivity contribution in [2.24, 2.45) is 16.7 Å². The van der Waals surface area contributed by atoms with Gasteiger partial charge in [-0.15, -0.1) is 0 Å². The summed E-state index contributed by atoms with van der Waals surface area (Å²) >= 11 is 1.86. The van der Waals surface area contributed by atoms with Gasteiger partial charge in [-0.2, -0.15) is 0 Å². The summed E-state index contributed by atoms with van der Waals surface area (Å²) in [5.41, 5.74) is 1.60. The molecule has 3 nitrogen and oxygen atoms in total. The quantitative estimate of drug-likeness (QED) is 0.694. The van der Waals surface area contributed by atoms with Gasteiger partial charge in [0.1, 0.15) is 5.03 Å². The zero-order valence-electron chi connectivity index (χ0n) is 14.2. The maximum atomic E-state index is 4.65. The van der Waals surface area contributed by atoms with Crippen molar-refractivity contribution in [1.29, 1.82) is 0 Å². The third kappa shape index (κ3) is 1.84. The number of anilines is 1. The van der Waals surface area contributed by atoms with Gasteiger partial charge in [-0.05, 0) is 19.4 Å². The van der Waals surface area contributed by atoms with Crippen LogP contribution in [0.3, 0.4) is 0 Å². The minimum atomic E-state index is 0.0970. The molecule has 0 bridgehead atoms. The van der Waals surface area contributed by atoms with E-state index in [2.05, 4.69) is 72.9 Å². The number of nitrogens with zero attached hydrogens (tertiary/aromatic N) is 3. The molecule has 2 aliphatic heterocycles. The summed E-state index contributed by atoms with van der Waals surface area (Å²) in [6.45, 7) is 9.36. The van der Waals surface area contributed by atoms with Gasteiger partial charge in [-0.1, -0.05) is 56.8 Å². The molecule has 0 radical (unpaired) electrons. The molecular formula is C19H23N3S. The van der Waals surface area contributed by atoms with Gasteiger partial charge in [0, 0.05) is 34.8 Å². The predicted octanol–water partition coefficient (Wildman–Crippen LogP) is 4.80. The number of allylic oxidation sites excluding steroid dienone is 6. The monoisotopic (exact) mass is 325 g/mol. The first-order valence-electron chi connectivity index (χ1n) is 8.28. The highest BCUT2D eigenvalue weighted by atomic mass is 32.2. The smallest absolute Gasteiger partial charge is 0.166 e. The molecule has 3 aliphatic rings. The minimum absolute atomic E-state index is 0.0970. The van der Waals surface area contributed by atoms with Crippen molar-refractivity contribution in [2.75, 3.05) is 4.90 Å². The molecule has 1 aromatic heterocycles. The van der Waals surface area contributed by atoms with Gasteiger partial charge in [-0.3, -0.25) is 0 Å². The largest absolute Gasteiger partial charge is 0.314 e. The summed E-state index contributed by atoms with van der Waals surface area (Å²) in [6.07, 6.45) is 16.1. The Bertz CT molecular complexity index is 734. The van der Waals surface area contributed by atoms with E-state index in [9.17, 15) is 0 Å². The van der Waals surface area contributed by atoms with Crippen molar-refractivity contribution >= 4 is 17.6 Å². The number of fused-ring (bicyclic) bond motifs is 5. The lowest BCUT2D eigenvalue weighted by Crippen LogP contribution is -2.59. The van der Waals surface area contributed by atoms with Crippen LogP contribution in [0.1, 0.15) is 34.1 Å². The Morgan fingerprint density at radius 1 is 1.26 bits per heavy atom. The highest BCUT2D eigenvalue weighted by Gasteiger charge is 2.60. The van der Waals surface area contributed by atoms with Crippen LogP contribution in [0.15, 0.2) is 53.5 Å². The van der Waals surface area contributed by atoms with E-state index in [4.69, 9.17) is 0 Å². The van der Waals surface area contributed by atoms with E-state index < -0.39 is 0 Å². The normalized spacial score (nSPS) is 34.1. The van der Waals surface area contributed by atoms with Crippen molar-refractivity contribution in [3.8, 4) is 0 Å². The summed E-state index contributed by atoms with van der Waals surface area (Å²) in [7, 11) is 0. The predicted molar refractivity (Wildman–Crippen MR) is 96.2 cm³/mol. The molecule has 3 atom stereocenters. The van der Waals surface area contributed by atoms with Crippen LogP contribution >= 0.6 is 11.8 Å². The second kappa shape index (κ2) is 4.97. The molecule has 1 aromatic rings. The molecule has 0 spiro atoms. The van der Waals surface area contributed by atoms with Crippen molar-refractivity contribution in [3.63, 3.8) is 0 Å². The Morgan fingerprint density at radius 2 is 2.04 bits per heavy atom. The fourth-order valence-corrected chi connectivity index (χ4v) is 5.84. The van der Waals surface area contributed by atoms with Gasteiger partial charge in [0.2, 0.25) is 0 Å². The number of thioether (sulfide) groups is 1. The lowest BCUT2D eigenvalue weighted by molar-refractivity contribution is 0.0603. The van der Waals surface area contributed by atoms with Crippen molar-refractivity contribution in [1.82, 2.24) is 9.97 Å². The van der Waals surface area contributed by atoms with Crippen LogP contribution in [-0.2, 0) is 0 Å². The maximum absolute atomic E-state index is 4.65. The Kier molecular flexibility index (Phi) is 3.24. The fourth-order valence-electron chi connectivity index (χ4n) is 4.37. The molecule has 0 saturated carbocycles. The van der Waals surface area contributed by atoms with Gasteiger partial charge in [0.05, 0.1) is 5.37 Å². The van der Waals surface area contributed by atoms with Crippen LogP contribution in [0.5, 0.6) is 0 Å². The zero-order valence-corrected chi connectivity index (χ0v) is 15.0. The minimum Gasteiger partial charge on any atom is -0.314 e. The van der Waals surface area contributed by atoms with Gasteiger partial charge in [-0.25, -0.2) is 9.97 Å². The Hall–Kier alpha value is -1.55. The summed E-state index contributed by atoms with van der Waals surface area (Å²) in [5, 5.41) is 1.39. The van der Waals surface area contributed by atoms with Crippen LogP contribution in [0, 0.1) is 16.7 Å². The molecule has 23 heavy (non-hydrogen) atoms. The molecular weight excluding hydrogens is 302 g/mol. The molecule has 4 rings (SSSR count). The average Bonchev–Trinajstić information content (AvgIpc) is 2.94. The van der Waals surface area contributed by atoms with E-state index in [1.807, 2.05) is 18.0 Å². The van der Waals surface area contributed by atoms with Crippen molar-refractivity contribution < 1.29 is 0 Å². The van der Waals surface area contributed by atoms with E-state index in [1.54, 1.807) is 6.20 Å². The first-order chi connectivity index (χ1) is 11.0.